The van der Waals surface area contributed by atoms with Crippen LogP contribution in [0.1, 0.15) is 32.6 Å². The number of amides is 1. The van der Waals surface area contributed by atoms with Crippen LogP contribution in [0.2, 0.25) is 0 Å². The summed E-state index contributed by atoms with van der Waals surface area (Å²) in [5.41, 5.74) is 0. The summed E-state index contributed by atoms with van der Waals surface area (Å²) in [4.78, 5) is 11.1. The maximum absolute atomic E-state index is 11.1. The summed E-state index contributed by atoms with van der Waals surface area (Å²) in [5.74, 6) is 0.0925. The quantitative estimate of drug-likeness (QED) is 0.470. The molecular formula is C10H22N2O2. The molecule has 0 radical (unpaired) electrons. The zero-order chi connectivity index (χ0) is 10.6. The predicted octanol–water partition coefficient (Wildman–Crippen LogP) is 0.265. The molecule has 4 nitrogen and oxygen atoms in total. The van der Waals surface area contributed by atoms with E-state index in [1.54, 1.807) is 0 Å². The Balaban J connectivity index is 3.10. The minimum Gasteiger partial charge on any atom is -0.396 e. The molecule has 0 spiro atoms. The summed E-state index contributed by atoms with van der Waals surface area (Å²) < 4.78 is 0. The van der Waals surface area contributed by atoms with Gasteiger partial charge < -0.3 is 15.7 Å². The third-order valence-corrected chi connectivity index (χ3v) is 1.91. The monoisotopic (exact) mass is 202 g/mol. The van der Waals surface area contributed by atoms with Crippen molar-refractivity contribution in [1.29, 1.82) is 0 Å². The lowest BCUT2D eigenvalue weighted by Gasteiger charge is -2.04. The third kappa shape index (κ3) is 9.48. The van der Waals surface area contributed by atoms with Crippen LogP contribution in [-0.2, 0) is 4.79 Å². The number of nitrogens with one attached hydrogen (secondary N) is 2. The molecule has 0 atom stereocenters. The van der Waals surface area contributed by atoms with E-state index >= 15 is 0 Å². The van der Waals surface area contributed by atoms with Crippen LogP contribution in [0.25, 0.3) is 0 Å². The molecule has 0 aromatic heterocycles. The van der Waals surface area contributed by atoms with E-state index in [4.69, 9.17) is 5.11 Å². The molecule has 0 rings (SSSR count). The number of unbranched alkanes of at least 4 members (excludes halogenated alkanes) is 1. The molecule has 3 N–H and O–H groups in total. The average molecular weight is 202 g/mol. The van der Waals surface area contributed by atoms with Gasteiger partial charge >= 0.3 is 0 Å². The van der Waals surface area contributed by atoms with Crippen molar-refractivity contribution < 1.29 is 9.90 Å². The molecule has 0 aliphatic heterocycles. The first-order chi connectivity index (χ1) is 6.81. The van der Waals surface area contributed by atoms with Gasteiger partial charge in [-0.05, 0) is 32.4 Å². The summed E-state index contributed by atoms with van der Waals surface area (Å²) in [5, 5.41) is 14.5. The van der Waals surface area contributed by atoms with E-state index in [9.17, 15) is 4.79 Å². The van der Waals surface area contributed by atoms with Gasteiger partial charge in [0.25, 0.3) is 0 Å². The highest BCUT2D eigenvalue weighted by atomic mass is 16.2. The Morgan fingerprint density at radius 2 is 2.00 bits per heavy atom. The summed E-state index contributed by atoms with van der Waals surface area (Å²) in [6.07, 6.45) is 2.99. The van der Waals surface area contributed by atoms with Gasteiger partial charge in [-0.15, -0.1) is 0 Å². The molecule has 0 bridgehead atoms. The van der Waals surface area contributed by atoms with Crippen LogP contribution < -0.4 is 10.6 Å². The SMILES string of the molecule is CCNCCCNC(=O)CCCCO. The number of carbonyl (C=O) groups excluding carboxylic acids is 1. The first-order valence-corrected chi connectivity index (χ1v) is 5.39. The molecule has 0 aliphatic rings. The van der Waals surface area contributed by atoms with Crippen molar-refractivity contribution in [2.75, 3.05) is 26.2 Å². The third-order valence-electron chi connectivity index (χ3n) is 1.91. The van der Waals surface area contributed by atoms with Gasteiger partial charge in [0, 0.05) is 19.6 Å². The molecule has 0 saturated carbocycles. The van der Waals surface area contributed by atoms with Crippen LogP contribution in [0.4, 0.5) is 0 Å². The van der Waals surface area contributed by atoms with E-state index in [2.05, 4.69) is 17.6 Å². The van der Waals surface area contributed by atoms with Crippen LogP contribution in [0, 0.1) is 0 Å². The fourth-order valence-corrected chi connectivity index (χ4v) is 1.10. The Kier molecular flexibility index (Phi) is 10.0. The predicted molar refractivity (Wildman–Crippen MR) is 57.1 cm³/mol. The zero-order valence-electron chi connectivity index (χ0n) is 9.01. The molecule has 0 fully saturated rings. The van der Waals surface area contributed by atoms with Crippen molar-refractivity contribution in [2.24, 2.45) is 0 Å². The lowest BCUT2D eigenvalue weighted by Crippen LogP contribution is -2.27. The molecule has 0 aromatic rings. The van der Waals surface area contributed by atoms with E-state index in [1.165, 1.54) is 0 Å². The van der Waals surface area contributed by atoms with Gasteiger partial charge in [0.05, 0.1) is 0 Å². The second-order valence-electron chi connectivity index (χ2n) is 3.24. The van der Waals surface area contributed by atoms with Gasteiger partial charge in [-0.25, -0.2) is 0 Å². The summed E-state index contributed by atoms with van der Waals surface area (Å²) >= 11 is 0. The Hall–Kier alpha value is -0.610. The van der Waals surface area contributed by atoms with E-state index in [-0.39, 0.29) is 12.5 Å². The fraction of sp³-hybridized carbons (Fsp3) is 0.900. The van der Waals surface area contributed by atoms with Crippen molar-refractivity contribution in [1.82, 2.24) is 10.6 Å². The van der Waals surface area contributed by atoms with Crippen LogP contribution in [0.15, 0.2) is 0 Å². The highest BCUT2D eigenvalue weighted by Crippen LogP contribution is 1.93. The highest BCUT2D eigenvalue weighted by molar-refractivity contribution is 5.75. The molecule has 0 unspecified atom stereocenters. The maximum atomic E-state index is 11.1. The Labute approximate surface area is 86.1 Å². The first-order valence-electron chi connectivity index (χ1n) is 5.39. The fourth-order valence-electron chi connectivity index (χ4n) is 1.10. The molecule has 0 aliphatic carbocycles. The van der Waals surface area contributed by atoms with Crippen molar-refractivity contribution in [2.45, 2.75) is 32.6 Å². The lowest BCUT2D eigenvalue weighted by atomic mass is 10.2. The van der Waals surface area contributed by atoms with E-state index in [0.717, 1.165) is 32.5 Å². The van der Waals surface area contributed by atoms with Crippen LogP contribution in [0.5, 0.6) is 0 Å². The van der Waals surface area contributed by atoms with E-state index < -0.39 is 0 Å². The number of hydrogen-bond donors (Lipinski definition) is 3. The standard InChI is InChI=1S/C10H22N2O2/c1-2-11-7-5-8-12-10(14)6-3-4-9-13/h11,13H,2-9H2,1H3,(H,12,14). The van der Waals surface area contributed by atoms with Gasteiger partial charge in [0.2, 0.25) is 5.91 Å². The van der Waals surface area contributed by atoms with Crippen molar-refractivity contribution in [3.63, 3.8) is 0 Å². The van der Waals surface area contributed by atoms with Gasteiger partial charge in [-0.1, -0.05) is 6.92 Å². The minimum absolute atomic E-state index is 0.0925. The summed E-state index contributed by atoms with van der Waals surface area (Å²) in [7, 11) is 0. The second kappa shape index (κ2) is 10.5. The topological polar surface area (TPSA) is 61.4 Å². The molecule has 14 heavy (non-hydrogen) atoms. The van der Waals surface area contributed by atoms with E-state index in [0.29, 0.717) is 12.8 Å². The molecule has 0 heterocycles. The minimum atomic E-state index is 0.0925. The molecule has 1 amide bonds. The van der Waals surface area contributed by atoms with Crippen molar-refractivity contribution >= 4 is 5.91 Å². The highest BCUT2D eigenvalue weighted by Gasteiger charge is 1.98. The average Bonchev–Trinajstić information content (AvgIpc) is 2.18. The molecule has 0 aromatic carbocycles. The number of hydrogen-bond acceptors (Lipinski definition) is 3. The Bertz CT molecular complexity index is 140. The molecule has 4 heteroatoms. The van der Waals surface area contributed by atoms with Gasteiger partial charge in [0.1, 0.15) is 0 Å². The molecule has 0 saturated heterocycles. The number of aliphatic hydroxyl groups excluding tert-OH is 1. The Morgan fingerprint density at radius 1 is 1.21 bits per heavy atom. The van der Waals surface area contributed by atoms with Crippen LogP contribution >= 0.6 is 0 Å². The summed E-state index contributed by atoms with van der Waals surface area (Å²) in [6.45, 7) is 4.91. The Morgan fingerprint density at radius 3 is 2.64 bits per heavy atom. The maximum Gasteiger partial charge on any atom is 0.219 e. The lowest BCUT2D eigenvalue weighted by molar-refractivity contribution is -0.121. The molecule has 84 valence electrons. The van der Waals surface area contributed by atoms with E-state index in [1.807, 2.05) is 0 Å². The van der Waals surface area contributed by atoms with Gasteiger partial charge in [-0.3, -0.25) is 4.79 Å². The van der Waals surface area contributed by atoms with Crippen molar-refractivity contribution in [3.05, 3.63) is 0 Å². The normalized spacial score (nSPS) is 10.1. The van der Waals surface area contributed by atoms with Crippen LogP contribution in [-0.4, -0.2) is 37.3 Å². The van der Waals surface area contributed by atoms with Crippen LogP contribution in [0.3, 0.4) is 0 Å². The largest absolute Gasteiger partial charge is 0.396 e. The van der Waals surface area contributed by atoms with Gasteiger partial charge in [-0.2, -0.15) is 0 Å². The molecular weight excluding hydrogens is 180 g/mol. The number of aliphatic hydroxyl groups is 1. The first kappa shape index (κ1) is 13.4. The van der Waals surface area contributed by atoms with Crippen molar-refractivity contribution in [3.8, 4) is 0 Å². The number of rotatable bonds is 9. The summed E-state index contributed by atoms with van der Waals surface area (Å²) in [6, 6.07) is 0. The second-order valence-corrected chi connectivity index (χ2v) is 3.24. The smallest absolute Gasteiger partial charge is 0.219 e. The zero-order valence-corrected chi connectivity index (χ0v) is 9.01. The number of carbonyl (C=O) groups is 1. The van der Waals surface area contributed by atoms with Gasteiger partial charge in [0.15, 0.2) is 0 Å².